The summed E-state index contributed by atoms with van der Waals surface area (Å²) in [5, 5.41) is 6.53. The first-order valence-corrected chi connectivity index (χ1v) is 11.5. The number of amides is 2. The van der Waals surface area contributed by atoms with Crippen LogP contribution >= 0.6 is 11.8 Å². The molecule has 0 atom stereocenters. The van der Waals surface area contributed by atoms with Crippen LogP contribution in [-0.4, -0.2) is 27.1 Å². The van der Waals surface area contributed by atoms with Gasteiger partial charge < -0.3 is 10.6 Å². The summed E-state index contributed by atoms with van der Waals surface area (Å²) in [6.45, 7) is 2.49. The van der Waals surface area contributed by atoms with E-state index in [1.807, 2.05) is 84.4 Å². The summed E-state index contributed by atoms with van der Waals surface area (Å²) in [7, 11) is 0. The molecule has 1 aromatic heterocycles. The van der Waals surface area contributed by atoms with Crippen molar-refractivity contribution in [2.45, 2.75) is 18.6 Å². The molecule has 4 aromatic rings. The van der Waals surface area contributed by atoms with Crippen molar-refractivity contribution in [3.8, 4) is 5.69 Å². The fourth-order valence-electron chi connectivity index (χ4n) is 3.21. The SMILES string of the molecule is Cc1ccc(NC(=O)CSc2nccn2-c2ccc(C(=O)NCc3ccccc3)cc2)cc1. The van der Waals surface area contributed by atoms with Crippen LogP contribution in [0.5, 0.6) is 0 Å². The number of aromatic nitrogens is 2. The fourth-order valence-corrected chi connectivity index (χ4v) is 3.98. The number of hydrogen-bond donors (Lipinski definition) is 2. The lowest BCUT2D eigenvalue weighted by Crippen LogP contribution is -2.22. The van der Waals surface area contributed by atoms with E-state index in [2.05, 4.69) is 15.6 Å². The molecule has 4 rings (SSSR count). The largest absolute Gasteiger partial charge is 0.348 e. The van der Waals surface area contributed by atoms with E-state index < -0.39 is 0 Å². The molecule has 0 spiro atoms. The van der Waals surface area contributed by atoms with Crippen LogP contribution in [0, 0.1) is 6.92 Å². The molecule has 0 unspecified atom stereocenters. The number of carbonyl (C=O) groups is 2. The van der Waals surface area contributed by atoms with Crippen molar-refractivity contribution < 1.29 is 9.59 Å². The minimum absolute atomic E-state index is 0.0937. The highest BCUT2D eigenvalue weighted by Gasteiger charge is 2.11. The molecular weight excluding hydrogens is 432 g/mol. The normalized spacial score (nSPS) is 10.6. The molecule has 2 N–H and O–H groups in total. The van der Waals surface area contributed by atoms with Crippen molar-refractivity contribution in [3.63, 3.8) is 0 Å². The van der Waals surface area contributed by atoms with Crippen LogP contribution in [0.2, 0.25) is 0 Å². The van der Waals surface area contributed by atoms with Gasteiger partial charge in [-0.25, -0.2) is 4.98 Å². The van der Waals surface area contributed by atoms with Gasteiger partial charge in [-0.05, 0) is 48.9 Å². The Morgan fingerprint density at radius 1 is 0.939 bits per heavy atom. The minimum atomic E-state index is -0.126. The summed E-state index contributed by atoms with van der Waals surface area (Å²) < 4.78 is 1.90. The number of hydrogen-bond acceptors (Lipinski definition) is 4. The Bertz CT molecular complexity index is 1220. The van der Waals surface area contributed by atoms with E-state index in [-0.39, 0.29) is 17.6 Å². The molecule has 0 saturated carbocycles. The molecule has 0 fully saturated rings. The highest BCUT2D eigenvalue weighted by Crippen LogP contribution is 2.21. The molecule has 0 radical (unpaired) electrons. The Labute approximate surface area is 197 Å². The van der Waals surface area contributed by atoms with E-state index in [9.17, 15) is 9.59 Å². The van der Waals surface area contributed by atoms with Gasteiger partial charge in [-0.1, -0.05) is 59.8 Å². The predicted molar refractivity (Wildman–Crippen MR) is 132 cm³/mol. The first-order chi connectivity index (χ1) is 16.1. The lowest BCUT2D eigenvalue weighted by molar-refractivity contribution is -0.113. The molecule has 3 aromatic carbocycles. The summed E-state index contributed by atoms with van der Waals surface area (Å²) in [6, 6.07) is 24.8. The first-order valence-electron chi connectivity index (χ1n) is 10.5. The van der Waals surface area contributed by atoms with E-state index in [4.69, 9.17) is 0 Å². The number of nitrogens with zero attached hydrogens (tertiary/aromatic N) is 2. The standard InChI is InChI=1S/C26H24N4O2S/c1-19-7-11-22(12-8-19)29-24(31)18-33-26-27-15-16-30(26)23-13-9-21(10-14-23)25(32)28-17-20-5-3-2-4-6-20/h2-16H,17-18H2,1H3,(H,28,32)(H,29,31). The van der Waals surface area contributed by atoms with Crippen molar-refractivity contribution in [1.82, 2.24) is 14.9 Å². The Morgan fingerprint density at radius 3 is 2.39 bits per heavy atom. The van der Waals surface area contributed by atoms with Crippen LogP contribution in [0.4, 0.5) is 5.69 Å². The Morgan fingerprint density at radius 2 is 1.67 bits per heavy atom. The number of anilines is 1. The average Bonchev–Trinajstić information content (AvgIpc) is 3.32. The number of aryl methyl sites for hydroxylation is 1. The third kappa shape index (κ3) is 6.11. The third-order valence-electron chi connectivity index (χ3n) is 4.98. The number of nitrogens with one attached hydrogen (secondary N) is 2. The van der Waals surface area contributed by atoms with E-state index in [0.29, 0.717) is 17.3 Å². The number of imidazole rings is 1. The summed E-state index contributed by atoms with van der Waals surface area (Å²) in [5.41, 5.74) is 4.42. The number of carbonyl (C=O) groups excluding carboxylic acids is 2. The van der Waals surface area contributed by atoms with Gasteiger partial charge in [-0.3, -0.25) is 14.2 Å². The van der Waals surface area contributed by atoms with Gasteiger partial charge in [-0.15, -0.1) is 0 Å². The molecule has 6 nitrogen and oxygen atoms in total. The Balaban J connectivity index is 1.34. The molecule has 2 amide bonds. The summed E-state index contributed by atoms with van der Waals surface area (Å²) in [4.78, 5) is 29.1. The van der Waals surface area contributed by atoms with Crippen LogP contribution in [0.25, 0.3) is 5.69 Å². The number of rotatable bonds is 8. The highest BCUT2D eigenvalue weighted by atomic mass is 32.2. The summed E-state index contributed by atoms with van der Waals surface area (Å²) >= 11 is 1.36. The van der Waals surface area contributed by atoms with Gasteiger partial charge in [0, 0.05) is 35.9 Å². The van der Waals surface area contributed by atoms with Crippen LogP contribution in [0.3, 0.4) is 0 Å². The first kappa shape index (κ1) is 22.4. The average molecular weight is 457 g/mol. The van der Waals surface area contributed by atoms with Gasteiger partial charge in [-0.2, -0.15) is 0 Å². The van der Waals surface area contributed by atoms with E-state index >= 15 is 0 Å². The molecule has 33 heavy (non-hydrogen) atoms. The van der Waals surface area contributed by atoms with Crippen molar-refractivity contribution in [2.75, 3.05) is 11.1 Å². The topological polar surface area (TPSA) is 76.0 Å². The van der Waals surface area contributed by atoms with Crippen LogP contribution in [0.1, 0.15) is 21.5 Å². The molecular formula is C26H24N4O2S. The number of benzene rings is 3. The van der Waals surface area contributed by atoms with Gasteiger partial charge in [0.2, 0.25) is 5.91 Å². The van der Waals surface area contributed by atoms with E-state index in [1.54, 1.807) is 18.3 Å². The predicted octanol–water partition coefficient (Wildman–Crippen LogP) is 4.84. The van der Waals surface area contributed by atoms with Crippen molar-refractivity contribution in [1.29, 1.82) is 0 Å². The van der Waals surface area contributed by atoms with Crippen molar-refractivity contribution in [2.24, 2.45) is 0 Å². The molecule has 0 aliphatic heterocycles. The minimum Gasteiger partial charge on any atom is -0.348 e. The monoisotopic (exact) mass is 456 g/mol. The second-order valence-corrected chi connectivity index (χ2v) is 8.44. The van der Waals surface area contributed by atoms with Crippen molar-refractivity contribution >= 4 is 29.3 Å². The Kier molecular flexibility index (Phi) is 7.22. The van der Waals surface area contributed by atoms with E-state index in [1.165, 1.54) is 11.8 Å². The zero-order chi connectivity index (χ0) is 23.0. The maximum absolute atomic E-state index is 12.5. The summed E-state index contributed by atoms with van der Waals surface area (Å²) in [5.74, 6) is 0.0208. The van der Waals surface area contributed by atoms with Gasteiger partial charge >= 0.3 is 0 Å². The maximum Gasteiger partial charge on any atom is 0.251 e. The van der Waals surface area contributed by atoms with Gasteiger partial charge in [0.05, 0.1) is 5.75 Å². The highest BCUT2D eigenvalue weighted by molar-refractivity contribution is 7.99. The second-order valence-electron chi connectivity index (χ2n) is 7.50. The maximum atomic E-state index is 12.5. The van der Waals surface area contributed by atoms with Crippen LogP contribution in [-0.2, 0) is 11.3 Å². The molecule has 1 heterocycles. The molecule has 0 aliphatic rings. The molecule has 0 bridgehead atoms. The second kappa shape index (κ2) is 10.7. The third-order valence-corrected chi connectivity index (χ3v) is 5.94. The molecule has 7 heteroatoms. The van der Waals surface area contributed by atoms with Gasteiger partial charge in [0.15, 0.2) is 5.16 Å². The molecule has 0 saturated heterocycles. The van der Waals surface area contributed by atoms with Crippen LogP contribution < -0.4 is 10.6 Å². The zero-order valence-electron chi connectivity index (χ0n) is 18.2. The van der Waals surface area contributed by atoms with Crippen LogP contribution in [0.15, 0.2) is 96.4 Å². The number of thioether (sulfide) groups is 1. The Hall–Kier alpha value is -3.84. The molecule has 166 valence electrons. The zero-order valence-corrected chi connectivity index (χ0v) is 19.0. The van der Waals surface area contributed by atoms with Gasteiger partial charge in [0.1, 0.15) is 0 Å². The fraction of sp³-hybridized carbons (Fsp3) is 0.115. The smallest absolute Gasteiger partial charge is 0.251 e. The summed E-state index contributed by atoms with van der Waals surface area (Å²) in [6.07, 6.45) is 3.53. The van der Waals surface area contributed by atoms with E-state index in [0.717, 1.165) is 22.5 Å². The quantitative estimate of drug-likeness (QED) is 0.372. The lowest BCUT2D eigenvalue weighted by atomic mass is 10.1. The van der Waals surface area contributed by atoms with Crippen molar-refractivity contribution in [3.05, 3.63) is 108 Å². The van der Waals surface area contributed by atoms with Gasteiger partial charge in [0.25, 0.3) is 5.91 Å². The lowest BCUT2D eigenvalue weighted by Gasteiger charge is -2.10. The molecule has 0 aliphatic carbocycles.